The maximum Gasteiger partial charge on any atom is 0.227 e. The zero-order valence-electron chi connectivity index (χ0n) is 18.3. The molecule has 1 unspecified atom stereocenters. The number of nitrogens with zero attached hydrogens (tertiary/aromatic N) is 3. The molecule has 0 radical (unpaired) electrons. The van der Waals surface area contributed by atoms with Crippen LogP contribution in [0.2, 0.25) is 0 Å². The Kier molecular flexibility index (Phi) is 5.00. The van der Waals surface area contributed by atoms with Crippen molar-refractivity contribution in [3.63, 3.8) is 0 Å². The lowest BCUT2D eigenvalue weighted by atomic mass is 10.1. The van der Waals surface area contributed by atoms with Crippen LogP contribution in [0.1, 0.15) is 5.69 Å². The van der Waals surface area contributed by atoms with E-state index in [-0.39, 0.29) is 0 Å². The van der Waals surface area contributed by atoms with Gasteiger partial charge >= 0.3 is 0 Å². The van der Waals surface area contributed by atoms with E-state index in [9.17, 15) is 4.21 Å². The Hall–Kier alpha value is -4.16. The highest BCUT2D eigenvalue weighted by Crippen LogP contribution is 2.34. The van der Waals surface area contributed by atoms with Crippen LogP contribution in [-0.2, 0) is 10.8 Å². The highest BCUT2D eigenvalue weighted by Gasteiger charge is 2.16. The van der Waals surface area contributed by atoms with Gasteiger partial charge in [-0.05, 0) is 49.4 Å². The molecule has 0 N–H and O–H groups in total. The van der Waals surface area contributed by atoms with Gasteiger partial charge in [-0.1, -0.05) is 54.6 Å². The lowest BCUT2D eigenvalue weighted by Gasteiger charge is -2.07. The van der Waals surface area contributed by atoms with E-state index >= 15 is 0 Å². The fourth-order valence-electron chi connectivity index (χ4n) is 4.04. The minimum absolute atomic E-state index is 0.442. The molecule has 6 aromatic rings. The molecule has 0 saturated carbocycles. The number of aryl methyl sites for hydroxylation is 1. The smallest absolute Gasteiger partial charge is 0.227 e. The lowest BCUT2D eigenvalue weighted by molar-refractivity contribution is 0.653. The first-order valence-electron chi connectivity index (χ1n) is 10.9. The highest BCUT2D eigenvalue weighted by atomic mass is 32.2. The molecule has 0 aliphatic heterocycles. The summed E-state index contributed by atoms with van der Waals surface area (Å²) in [6.45, 7) is 1.94. The first kappa shape index (κ1) is 20.4. The topological polar surface area (TPSA) is 68.9 Å². The zero-order chi connectivity index (χ0) is 23.1. The summed E-state index contributed by atoms with van der Waals surface area (Å²) >= 11 is 0. The molecule has 0 aliphatic carbocycles. The van der Waals surface area contributed by atoms with Crippen LogP contribution >= 0.6 is 0 Å². The second kappa shape index (κ2) is 8.32. The predicted octanol–water partition coefficient (Wildman–Crippen LogP) is 6.58. The molecule has 0 bridgehead atoms. The summed E-state index contributed by atoms with van der Waals surface area (Å²) in [6, 6.07) is 30.9. The van der Waals surface area contributed by atoms with Crippen molar-refractivity contribution in [2.45, 2.75) is 17.0 Å². The third kappa shape index (κ3) is 3.58. The van der Waals surface area contributed by atoms with Gasteiger partial charge in [0.1, 0.15) is 26.4 Å². The molecule has 0 spiro atoms. The summed E-state index contributed by atoms with van der Waals surface area (Å²) in [7, 11) is -1.53. The molecule has 6 rings (SSSR count). The lowest BCUT2D eigenvalue weighted by Crippen LogP contribution is -2.00. The summed E-state index contributed by atoms with van der Waals surface area (Å²) in [6.07, 6.45) is 0. The van der Waals surface area contributed by atoms with Crippen molar-refractivity contribution in [1.82, 2.24) is 15.0 Å². The average molecular weight is 462 g/mol. The summed E-state index contributed by atoms with van der Waals surface area (Å²) in [4.78, 5) is 13.9. The summed E-state index contributed by atoms with van der Waals surface area (Å²) in [5.74, 6) is 0. The van der Waals surface area contributed by atoms with E-state index in [0.717, 1.165) is 38.9 Å². The fraction of sp³-hybridized carbons (Fsp3) is 0.0357. The molecule has 0 fully saturated rings. The summed E-state index contributed by atoms with van der Waals surface area (Å²) in [5, 5.41) is 2.85. The Labute approximate surface area is 198 Å². The molecule has 0 amide bonds. The standard InChI is InChI=1S/C28H19N3O2S/c1-18-16-17-21-20-10-5-11-22(27(20)33-28(21)29-18)24-13-7-15-26(31-24)34(32)25-14-6-12-23(30-25)19-8-3-2-4-9-19/h2-17H,1H3. The van der Waals surface area contributed by atoms with Gasteiger partial charge in [0, 0.05) is 27.6 Å². The predicted molar refractivity (Wildman–Crippen MR) is 134 cm³/mol. The van der Waals surface area contributed by atoms with Crippen molar-refractivity contribution < 1.29 is 8.63 Å². The van der Waals surface area contributed by atoms with Crippen molar-refractivity contribution in [3.05, 3.63) is 103 Å². The molecule has 2 aromatic carbocycles. The van der Waals surface area contributed by atoms with Crippen molar-refractivity contribution in [1.29, 1.82) is 0 Å². The van der Waals surface area contributed by atoms with Crippen LogP contribution < -0.4 is 0 Å². The largest absolute Gasteiger partial charge is 0.437 e. The Morgan fingerprint density at radius 3 is 2.15 bits per heavy atom. The fourth-order valence-corrected chi connectivity index (χ4v) is 5.02. The van der Waals surface area contributed by atoms with Gasteiger partial charge in [-0.2, -0.15) is 0 Å². The number of hydrogen-bond acceptors (Lipinski definition) is 5. The van der Waals surface area contributed by atoms with Crippen LogP contribution in [0.25, 0.3) is 44.6 Å². The molecular formula is C28H19N3O2S. The molecule has 1 atom stereocenters. The van der Waals surface area contributed by atoms with E-state index in [2.05, 4.69) is 9.97 Å². The minimum atomic E-state index is -1.53. The number of fused-ring (bicyclic) bond motifs is 3. The molecule has 0 saturated heterocycles. The third-order valence-corrected chi connectivity index (χ3v) is 6.89. The normalized spacial score (nSPS) is 12.3. The van der Waals surface area contributed by atoms with E-state index in [1.807, 2.05) is 91.9 Å². The van der Waals surface area contributed by atoms with Gasteiger partial charge in [0.05, 0.1) is 11.4 Å². The molecule has 4 aromatic heterocycles. The monoisotopic (exact) mass is 461 g/mol. The quantitative estimate of drug-likeness (QED) is 0.297. The maximum absolute atomic E-state index is 13.4. The van der Waals surface area contributed by atoms with E-state index < -0.39 is 10.8 Å². The van der Waals surface area contributed by atoms with Crippen molar-refractivity contribution >= 4 is 32.9 Å². The van der Waals surface area contributed by atoms with Gasteiger partial charge in [0.25, 0.3) is 0 Å². The molecule has 0 aliphatic rings. The van der Waals surface area contributed by atoms with Crippen molar-refractivity contribution in [2.75, 3.05) is 0 Å². The average Bonchev–Trinajstić information content (AvgIpc) is 3.26. The SMILES string of the molecule is Cc1ccc2c(n1)oc1c(-c3cccc(S(=O)c4cccc(-c5ccccc5)n4)n3)cccc12. The zero-order valence-corrected chi connectivity index (χ0v) is 19.1. The van der Waals surface area contributed by atoms with Crippen LogP contribution in [0.4, 0.5) is 0 Å². The summed E-state index contributed by atoms with van der Waals surface area (Å²) in [5.41, 5.74) is 5.48. The van der Waals surface area contributed by atoms with Crippen LogP contribution in [0.3, 0.4) is 0 Å². The van der Waals surface area contributed by atoms with Crippen LogP contribution in [0, 0.1) is 6.92 Å². The number of para-hydroxylation sites is 1. The number of rotatable bonds is 4. The Balaban J connectivity index is 1.42. The first-order valence-corrected chi connectivity index (χ1v) is 12.0. The second-order valence-electron chi connectivity index (χ2n) is 7.95. The number of hydrogen-bond donors (Lipinski definition) is 0. The van der Waals surface area contributed by atoms with Crippen molar-refractivity contribution in [3.8, 4) is 22.5 Å². The van der Waals surface area contributed by atoms with Crippen LogP contribution in [-0.4, -0.2) is 19.2 Å². The molecule has 5 nitrogen and oxygen atoms in total. The first-order chi connectivity index (χ1) is 16.7. The third-order valence-electron chi connectivity index (χ3n) is 5.68. The van der Waals surface area contributed by atoms with E-state index in [1.54, 1.807) is 12.1 Å². The van der Waals surface area contributed by atoms with E-state index in [1.165, 1.54) is 0 Å². The minimum Gasteiger partial charge on any atom is -0.437 e. The van der Waals surface area contributed by atoms with Crippen molar-refractivity contribution in [2.24, 2.45) is 0 Å². The van der Waals surface area contributed by atoms with E-state index in [4.69, 9.17) is 9.40 Å². The van der Waals surface area contributed by atoms with Gasteiger partial charge in [0.2, 0.25) is 5.71 Å². The highest BCUT2D eigenvalue weighted by molar-refractivity contribution is 7.84. The molecule has 4 heterocycles. The molecule has 6 heteroatoms. The Morgan fingerprint density at radius 1 is 0.647 bits per heavy atom. The maximum atomic E-state index is 13.4. The van der Waals surface area contributed by atoms with E-state index in [0.29, 0.717) is 21.5 Å². The molecule has 164 valence electrons. The number of furan rings is 1. The van der Waals surface area contributed by atoms with Gasteiger partial charge in [-0.15, -0.1) is 0 Å². The van der Waals surface area contributed by atoms with Gasteiger partial charge in [0.15, 0.2) is 0 Å². The van der Waals surface area contributed by atoms with Crippen LogP contribution in [0.5, 0.6) is 0 Å². The molecular weight excluding hydrogens is 442 g/mol. The van der Waals surface area contributed by atoms with Gasteiger partial charge in [-0.25, -0.2) is 19.2 Å². The van der Waals surface area contributed by atoms with Gasteiger partial charge in [-0.3, -0.25) is 0 Å². The summed E-state index contributed by atoms with van der Waals surface area (Å²) < 4.78 is 19.5. The number of benzene rings is 2. The van der Waals surface area contributed by atoms with Gasteiger partial charge < -0.3 is 4.42 Å². The Bertz CT molecular complexity index is 1690. The second-order valence-corrected chi connectivity index (χ2v) is 9.32. The number of aromatic nitrogens is 3. The molecule has 34 heavy (non-hydrogen) atoms. The van der Waals surface area contributed by atoms with Crippen LogP contribution in [0.15, 0.2) is 112 Å². The Morgan fingerprint density at radius 2 is 1.35 bits per heavy atom. The number of pyridine rings is 3.